The Balaban J connectivity index is 2.08. The summed E-state index contributed by atoms with van der Waals surface area (Å²) in [6.07, 6.45) is 0. The lowest BCUT2D eigenvalue weighted by atomic mass is 10.2. The molecule has 0 aliphatic carbocycles. The molecule has 0 atom stereocenters. The van der Waals surface area contributed by atoms with E-state index in [0.29, 0.717) is 23.8 Å². The molecule has 1 amide bonds. The molecule has 0 saturated carbocycles. The normalized spacial score (nSPS) is 12.7. The van der Waals surface area contributed by atoms with Gasteiger partial charge in [-0.05, 0) is 19.9 Å². The number of fused-ring (bicyclic) bond motifs is 1. The molecule has 0 saturated heterocycles. The number of hydrogen-bond donors (Lipinski definition) is 1. The van der Waals surface area contributed by atoms with Crippen LogP contribution in [-0.2, 0) is 11.3 Å². The predicted octanol–water partition coefficient (Wildman–Crippen LogP) is 1.12. The molecule has 1 heterocycles. The van der Waals surface area contributed by atoms with Crippen molar-refractivity contribution >= 4 is 5.91 Å². The lowest BCUT2D eigenvalue weighted by Crippen LogP contribution is -2.36. The molecular formula is C14H20N2O4. The Bertz CT molecular complexity index is 502. The standard InChI is InChI=1S/C14H20N2O4/c1-9(2)16(3)14(17)7-18-11-5-13-12(19-8-20-13)4-10(11)6-15/h4-5,9H,6-8,15H2,1-3H3. The lowest BCUT2D eigenvalue weighted by Gasteiger charge is -2.21. The van der Waals surface area contributed by atoms with Crippen molar-refractivity contribution in [3.05, 3.63) is 17.7 Å². The predicted molar refractivity (Wildman–Crippen MR) is 73.9 cm³/mol. The van der Waals surface area contributed by atoms with Gasteiger partial charge < -0.3 is 24.8 Å². The maximum Gasteiger partial charge on any atom is 0.260 e. The van der Waals surface area contributed by atoms with Crippen molar-refractivity contribution in [2.45, 2.75) is 26.4 Å². The second-order valence-corrected chi connectivity index (χ2v) is 4.90. The maximum absolute atomic E-state index is 11.9. The number of nitrogens with zero attached hydrogens (tertiary/aromatic N) is 1. The van der Waals surface area contributed by atoms with Crippen LogP contribution < -0.4 is 19.9 Å². The number of likely N-dealkylation sites (N-methyl/N-ethyl adjacent to an activating group) is 1. The van der Waals surface area contributed by atoms with E-state index in [-0.39, 0.29) is 25.3 Å². The highest BCUT2D eigenvalue weighted by atomic mass is 16.7. The first-order valence-electron chi connectivity index (χ1n) is 6.54. The Morgan fingerprint density at radius 1 is 1.40 bits per heavy atom. The summed E-state index contributed by atoms with van der Waals surface area (Å²) in [5.41, 5.74) is 6.47. The van der Waals surface area contributed by atoms with Gasteiger partial charge in [-0.3, -0.25) is 4.79 Å². The van der Waals surface area contributed by atoms with Crippen molar-refractivity contribution in [3.63, 3.8) is 0 Å². The number of rotatable bonds is 5. The van der Waals surface area contributed by atoms with Crippen LogP contribution in [0.1, 0.15) is 19.4 Å². The molecule has 0 spiro atoms. The summed E-state index contributed by atoms with van der Waals surface area (Å²) in [7, 11) is 1.75. The molecule has 2 N–H and O–H groups in total. The molecule has 0 aromatic heterocycles. The summed E-state index contributed by atoms with van der Waals surface area (Å²) in [6.45, 7) is 4.37. The third-order valence-corrected chi connectivity index (χ3v) is 3.29. The third kappa shape index (κ3) is 2.96. The Labute approximate surface area is 118 Å². The SMILES string of the molecule is CC(C)N(C)C(=O)COc1cc2c(cc1CN)OCO2. The van der Waals surface area contributed by atoms with E-state index < -0.39 is 0 Å². The van der Waals surface area contributed by atoms with Crippen molar-refractivity contribution in [2.24, 2.45) is 5.73 Å². The first-order valence-corrected chi connectivity index (χ1v) is 6.54. The van der Waals surface area contributed by atoms with Gasteiger partial charge in [0.15, 0.2) is 18.1 Å². The van der Waals surface area contributed by atoms with Crippen LogP contribution >= 0.6 is 0 Å². The molecule has 1 aromatic rings. The third-order valence-electron chi connectivity index (χ3n) is 3.29. The van der Waals surface area contributed by atoms with Gasteiger partial charge in [0, 0.05) is 31.3 Å². The van der Waals surface area contributed by atoms with Crippen LogP contribution in [0, 0.1) is 0 Å². The van der Waals surface area contributed by atoms with Crippen LogP contribution in [0.5, 0.6) is 17.2 Å². The average molecular weight is 280 g/mol. The van der Waals surface area contributed by atoms with Crippen LogP contribution in [-0.4, -0.2) is 37.3 Å². The van der Waals surface area contributed by atoms with Crippen LogP contribution in [0.25, 0.3) is 0 Å². The van der Waals surface area contributed by atoms with Gasteiger partial charge in [0.1, 0.15) is 5.75 Å². The Morgan fingerprint density at radius 3 is 2.65 bits per heavy atom. The molecule has 2 rings (SSSR count). The maximum atomic E-state index is 11.9. The summed E-state index contributed by atoms with van der Waals surface area (Å²) in [5.74, 6) is 1.74. The number of benzene rings is 1. The summed E-state index contributed by atoms with van der Waals surface area (Å²) in [5, 5.41) is 0. The van der Waals surface area contributed by atoms with E-state index in [2.05, 4.69) is 0 Å². The van der Waals surface area contributed by atoms with E-state index in [9.17, 15) is 4.79 Å². The molecular weight excluding hydrogens is 260 g/mol. The molecule has 1 aliphatic rings. The van der Waals surface area contributed by atoms with Gasteiger partial charge in [0.05, 0.1) is 0 Å². The van der Waals surface area contributed by atoms with Crippen LogP contribution in [0.3, 0.4) is 0 Å². The van der Waals surface area contributed by atoms with Crippen LogP contribution in [0.4, 0.5) is 0 Å². The van der Waals surface area contributed by atoms with Crippen LogP contribution in [0.15, 0.2) is 12.1 Å². The largest absolute Gasteiger partial charge is 0.483 e. The van der Waals surface area contributed by atoms with E-state index in [1.807, 2.05) is 13.8 Å². The Morgan fingerprint density at radius 2 is 2.05 bits per heavy atom. The number of nitrogens with two attached hydrogens (primary N) is 1. The van der Waals surface area contributed by atoms with Crippen molar-refractivity contribution in [1.29, 1.82) is 0 Å². The van der Waals surface area contributed by atoms with Gasteiger partial charge in [-0.1, -0.05) is 0 Å². The fraction of sp³-hybridized carbons (Fsp3) is 0.500. The molecule has 20 heavy (non-hydrogen) atoms. The van der Waals surface area contributed by atoms with E-state index in [1.165, 1.54) is 0 Å². The number of carbonyl (C=O) groups excluding carboxylic acids is 1. The topological polar surface area (TPSA) is 74.0 Å². The second-order valence-electron chi connectivity index (χ2n) is 4.90. The van der Waals surface area contributed by atoms with Crippen molar-refractivity contribution in [2.75, 3.05) is 20.4 Å². The fourth-order valence-electron chi connectivity index (χ4n) is 1.79. The molecule has 1 aliphatic heterocycles. The summed E-state index contributed by atoms with van der Waals surface area (Å²) in [6, 6.07) is 3.64. The highest BCUT2D eigenvalue weighted by Crippen LogP contribution is 2.38. The minimum atomic E-state index is -0.0827. The molecule has 1 aromatic carbocycles. The monoisotopic (exact) mass is 280 g/mol. The Hall–Kier alpha value is -1.95. The molecule has 6 nitrogen and oxygen atoms in total. The Kier molecular flexibility index (Phi) is 4.34. The smallest absolute Gasteiger partial charge is 0.260 e. The van der Waals surface area contributed by atoms with E-state index in [4.69, 9.17) is 19.9 Å². The zero-order chi connectivity index (χ0) is 14.7. The van der Waals surface area contributed by atoms with Gasteiger partial charge in [0.2, 0.25) is 6.79 Å². The highest BCUT2D eigenvalue weighted by molar-refractivity contribution is 5.77. The van der Waals surface area contributed by atoms with Crippen molar-refractivity contribution < 1.29 is 19.0 Å². The van der Waals surface area contributed by atoms with Gasteiger partial charge in [-0.25, -0.2) is 0 Å². The minimum absolute atomic E-state index is 0.0265. The lowest BCUT2D eigenvalue weighted by molar-refractivity contribution is -0.133. The summed E-state index contributed by atoms with van der Waals surface area (Å²) in [4.78, 5) is 13.5. The number of amides is 1. The minimum Gasteiger partial charge on any atom is -0.483 e. The van der Waals surface area contributed by atoms with Crippen molar-refractivity contribution in [1.82, 2.24) is 4.90 Å². The van der Waals surface area contributed by atoms with E-state index >= 15 is 0 Å². The molecule has 0 bridgehead atoms. The first-order chi connectivity index (χ1) is 9.52. The quantitative estimate of drug-likeness (QED) is 0.875. The van der Waals surface area contributed by atoms with E-state index in [0.717, 1.165) is 5.56 Å². The van der Waals surface area contributed by atoms with E-state index in [1.54, 1.807) is 24.1 Å². The van der Waals surface area contributed by atoms with Crippen LogP contribution in [0.2, 0.25) is 0 Å². The van der Waals surface area contributed by atoms with Gasteiger partial charge in [-0.2, -0.15) is 0 Å². The number of carbonyl (C=O) groups is 1. The zero-order valence-electron chi connectivity index (χ0n) is 12.0. The molecule has 0 radical (unpaired) electrons. The second kappa shape index (κ2) is 6.00. The van der Waals surface area contributed by atoms with Gasteiger partial charge in [0.25, 0.3) is 5.91 Å². The summed E-state index contributed by atoms with van der Waals surface area (Å²) < 4.78 is 16.2. The fourth-order valence-corrected chi connectivity index (χ4v) is 1.79. The molecule has 0 unspecified atom stereocenters. The van der Waals surface area contributed by atoms with Gasteiger partial charge in [-0.15, -0.1) is 0 Å². The average Bonchev–Trinajstić information content (AvgIpc) is 2.89. The first kappa shape index (κ1) is 14.5. The summed E-state index contributed by atoms with van der Waals surface area (Å²) >= 11 is 0. The van der Waals surface area contributed by atoms with Crippen molar-refractivity contribution in [3.8, 4) is 17.2 Å². The highest BCUT2D eigenvalue weighted by Gasteiger charge is 2.19. The molecule has 110 valence electrons. The zero-order valence-corrected chi connectivity index (χ0v) is 12.0. The number of hydrogen-bond acceptors (Lipinski definition) is 5. The van der Waals surface area contributed by atoms with Gasteiger partial charge >= 0.3 is 0 Å². The molecule has 6 heteroatoms. The number of ether oxygens (including phenoxy) is 3. The molecule has 0 fully saturated rings.